The van der Waals surface area contributed by atoms with E-state index in [1.807, 2.05) is 37.4 Å². The Balaban J connectivity index is 1.24. The molecule has 5 aromatic carbocycles. The topological polar surface area (TPSA) is 173 Å². The van der Waals surface area contributed by atoms with E-state index in [9.17, 15) is 30.6 Å². The molecule has 1 aliphatic carbocycles. The molecule has 346 valence electrons. The van der Waals surface area contributed by atoms with Crippen LogP contribution in [-0.4, -0.2) is 74.1 Å². The Kier molecular flexibility index (Phi) is 13.1. The molecule has 1 saturated heterocycles. The highest BCUT2D eigenvalue weighted by molar-refractivity contribution is 8.77. The van der Waals surface area contributed by atoms with Gasteiger partial charge in [0.1, 0.15) is 34.3 Å². The minimum Gasteiger partial charge on any atom is -0.507 e. The van der Waals surface area contributed by atoms with Gasteiger partial charge in [-0.05, 0) is 119 Å². The highest BCUT2D eigenvalue weighted by Crippen LogP contribution is 2.59. The number of aliphatic hydroxyl groups excluding tert-OH is 3. The van der Waals surface area contributed by atoms with Crippen LogP contribution in [0.3, 0.4) is 0 Å². The molecule has 0 amide bonds. The number of aliphatic hydroxyl groups is 3. The zero-order valence-electron chi connectivity index (χ0n) is 37.1. The third kappa shape index (κ3) is 8.06. The van der Waals surface area contributed by atoms with Gasteiger partial charge in [0, 0.05) is 59.4 Å². The van der Waals surface area contributed by atoms with Crippen molar-refractivity contribution in [3.05, 3.63) is 115 Å². The van der Waals surface area contributed by atoms with Crippen molar-refractivity contribution in [2.75, 3.05) is 25.2 Å². The molecule has 7 N–H and O–H groups in total. The lowest BCUT2D eigenvalue weighted by Gasteiger charge is -2.41. The maximum atomic E-state index is 15.2. The van der Waals surface area contributed by atoms with E-state index in [4.69, 9.17) is 9.15 Å². The maximum absolute atomic E-state index is 15.2. The quantitative estimate of drug-likeness (QED) is 0.0754. The maximum Gasteiger partial charge on any atom is 0.238 e. The molecular weight excluding hydrogens is 911 g/mol. The van der Waals surface area contributed by atoms with E-state index in [1.54, 1.807) is 43.2 Å². The largest absolute Gasteiger partial charge is 0.507 e. The van der Waals surface area contributed by atoms with Gasteiger partial charge in [0.2, 0.25) is 11.2 Å². The van der Waals surface area contributed by atoms with Gasteiger partial charge in [0.05, 0.1) is 23.0 Å². The summed E-state index contributed by atoms with van der Waals surface area (Å²) in [6.45, 7) is 4.13. The first kappa shape index (κ1) is 45.8. The zero-order valence-corrected chi connectivity index (χ0v) is 40.4. The van der Waals surface area contributed by atoms with E-state index in [0.29, 0.717) is 66.5 Å². The summed E-state index contributed by atoms with van der Waals surface area (Å²) in [5.41, 5.74) is 7.51. The Morgan fingerprint density at radius 2 is 1.73 bits per heavy atom. The monoisotopic (exact) mass is 965 g/mol. The smallest absolute Gasteiger partial charge is 0.238 e. The van der Waals surface area contributed by atoms with Gasteiger partial charge in [-0.25, -0.2) is 0 Å². The van der Waals surface area contributed by atoms with Gasteiger partial charge in [-0.3, -0.25) is 4.79 Å². The molecular formula is C52H55NO9S4. The summed E-state index contributed by atoms with van der Waals surface area (Å²) in [5, 5.41) is 76.3. The second kappa shape index (κ2) is 18.8. The molecule has 0 unspecified atom stereocenters. The molecule has 1 aromatic heterocycles. The zero-order chi connectivity index (χ0) is 46.0. The van der Waals surface area contributed by atoms with Gasteiger partial charge in [-0.2, -0.15) is 0 Å². The third-order valence-electron chi connectivity index (χ3n) is 13.8. The fourth-order valence-corrected chi connectivity index (χ4v) is 16.0. The van der Waals surface area contributed by atoms with Crippen molar-refractivity contribution in [2.24, 2.45) is 5.92 Å². The van der Waals surface area contributed by atoms with Crippen LogP contribution >= 0.6 is 43.2 Å². The fraction of sp³-hybridized carbons (Fsp3) is 0.404. The third-order valence-corrected chi connectivity index (χ3v) is 19.0. The molecule has 6 atom stereocenters. The molecule has 5 bridgehead atoms. The number of fused-ring (bicyclic) bond motifs is 10. The SMILES string of the molecule is CN[C@@H]1CSSCc2c(-c3oc4cc(O)c5c(c4c(=O)c3O)O[C@@H]3C[C@H]4c6c-5cc(CCCO)c5cccc(c65)[C@H](SSCCC[C@@H]3O)[C@H]4O)cc(CC(C)C)c(O)c2Cc2cccc1c2. The predicted molar refractivity (Wildman–Crippen MR) is 270 cm³/mol. The lowest BCUT2D eigenvalue weighted by molar-refractivity contribution is 0.00975. The number of phenolic OH excluding ortho intramolecular Hbond substituents is 2. The number of phenols is 2. The van der Waals surface area contributed by atoms with Gasteiger partial charge < -0.3 is 45.1 Å². The van der Waals surface area contributed by atoms with Gasteiger partial charge in [0.15, 0.2) is 5.76 Å². The van der Waals surface area contributed by atoms with Crippen molar-refractivity contribution >= 4 is 64.9 Å². The Labute approximate surface area is 399 Å². The van der Waals surface area contributed by atoms with Crippen LogP contribution in [0.4, 0.5) is 0 Å². The van der Waals surface area contributed by atoms with Gasteiger partial charge in [0.25, 0.3) is 0 Å². The first-order chi connectivity index (χ1) is 32.0. The highest BCUT2D eigenvalue weighted by Gasteiger charge is 2.45. The van der Waals surface area contributed by atoms with Crippen LogP contribution in [0.25, 0.3) is 44.2 Å². The molecule has 14 heteroatoms. The van der Waals surface area contributed by atoms with Gasteiger partial charge in [-0.15, -0.1) is 0 Å². The Hall–Kier alpha value is -3.99. The van der Waals surface area contributed by atoms with Crippen LogP contribution in [0.15, 0.2) is 69.9 Å². The first-order valence-corrected chi connectivity index (χ1v) is 27.8. The summed E-state index contributed by atoms with van der Waals surface area (Å²) in [6, 6.07) is 19.8. The van der Waals surface area contributed by atoms with Crippen LogP contribution in [0.1, 0.15) is 101 Å². The summed E-state index contributed by atoms with van der Waals surface area (Å²) >= 11 is 0. The molecule has 1 fully saturated rings. The molecule has 10 nitrogen and oxygen atoms in total. The minimum absolute atomic E-state index is 0.00374. The number of rotatable bonds is 7. The van der Waals surface area contributed by atoms with E-state index >= 15 is 4.79 Å². The van der Waals surface area contributed by atoms with Crippen molar-refractivity contribution in [2.45, 2.75) is 100 Å². The predicted octanol–water partition coefficient (Wildman–Crippen LogP) is 10.5. The number of ether oxygens (including phenoxy) is 1. The Morgan fingerprint density at radius 3 is 2.53 bits per heavy atom. The molecule has 66 heavy (non-hydrogen) atoms. The van der Waals surface area contributed by atoms with Crippen LogP contribution in [0.2, 0.25) is 0 Å². The first-order valence-electron chi connectivity index (χ1n) is 22.9. The van der Waals surface area contributed by atoms with E-state index in [2.05, 4.69) is 43.4 Å². The van der Waals surface area contributed by atoms with Crippen molar-refractivity contribution in [3.63, 3.8) is 0 Å². The molecule has 0 spiro atoms. The van der Waals surface area contributed by atoms with Crippen LogP contribution < -0.4 is 15.5 Å². The lowest BCUT2D eigenvalue weighted by atomic mass is 9.71. The van der Waals surface area contributed by atoms with Crippen molar-refractivity contribution < 1.29 is 39.8 Å². The Bertz CT molecular complexity index is 2920. The Morgan fingerprint density at radius 1 is 0.909 bits per heavy atom. The number of hydrogen-bond acceptors (Lipinski definition) is 14. The van der Waals surface area contributed by atoms with Crippen LogP contribution in [0, 0.1) is 5.92 Å². The molecule has 0 saturated carbocycles. The molecule has 6 aromatic rings. The average Bonchev–Trinajstić information content (AvgIpc) is 3.32. The van der Waals surface area contributed by atoms with E-state index in [0.717, 1.165) is 55.7 Å². The second-order valence-electron chi connectivity index (χ2n) is 18.5. The minimum atomic E-state index is -0.976. The van der Waals surface area contributed by atoms with Crippen LogP contribution in [-0.2, 0) is 25.0 Å². The van der Waals surface area contributed by atoms with E-state index in [1.165, 1.54) is 6.07 Å². The van der Waals surface area contributed by atoms with E-state index < -0.39 is 35.4 Å². The number of aromatic hydroxyl groups is 3. The molecule has 0 radical (unpaired) electrons. The normalized spacial score (nSPS) is 22.8. The standard InChI is InChI=1S/C52H55NO9S4/c1-25(2)16-29-20-33(36-23-64-65-24-37(53-3)28-9-4-8-26(17-28)18-32(36)46(29)57)50-49(60)48(59)45-41(62-50)22-39(56)44-34-19-27(10-6-14-54)30-11-5-12-31-42(30)43(34)35-21-40(61-51(44)45)38(55)13-7-15-63-66-52(31)47(35)58/h4-5,8-9,11-12,17,19-20,22,25,35,37-38,40,47,52-58,60H,6-7,10,13-16,18,21,23-24H2,1-3H3/t35-,37+,38-,40+,47-,52-/m0/s1. The summed E-state index contributed by atoms with van der Waals surface area (Å²) in [4.78, 5) is 15.2. The van der Waals surface area contributed by atoms with E-state index in [-0.39, 0.29) is 69.8 Å². The van der Waals surface area contributed by atoms with Crippen LogP contribution in [0.5, 0.6) is 23.0 Å². The average molecular weight is 966 g/mol. The summed E-state index contributed by atoms with van der Waals surface area (Å²) in [6.07, 6.45) is 0.585. The van der Waals surface area contributed by atoms with Crippen molar-refractivity contribution in [1.82, 2.24) is 5.32 Å². The number of aryl methyl sites for hydroxylation is 1. The number of hydrogen-bond donors (Lipinski definition) is 7. The lowest BCUT2D eigenvalue weighted by Crippen LogP contribution is -2.39. The molecule has 10 rings (SSSR count). The van der Waals surface area contributed by atoms with Gasteiger partial charge >= 0.3 is 0 Å². The fourth-order valence-electron chi connectivity index (χ4n) is 10.7. The molecule has 3 aliphatic heterocycles. The molecule has 4 heterocycles. The summed E-state index contributed by atoms with van der Waals surface area (Å²) < 4.78 is 13.6. The summed E-state index contributed by atoms with van der Waals surface area (Å²) in [5.74, 6) is 0.891. The van der Waals surface area contributed by atoms with Crippen molar-refractivity contribution in [1.29, 1.82) is 0 Å². The number of nitrogens with one attached hydrogen (secondary N) is 1. The second-order valence-corrected chi connectivity index (χ2v) is 23.6. The van der Waals surface area contributed by atoms with Crippen molar-refractivity contribution in [3.8, 4) is 45.4 Å². The van der Waals surface area contributed by atoms with Gasteiger partial charge in [-0.1, -0.05) is 99.5 Å². The highest BCUT2D eigenvalue weighted by atomic mass is 33.1. The number of benzene rings is 5. The molecule has 4 aliphatic rings. The summed E-state index contributed by atoms with van der Waals surface area (Å²) in [7, 11) is 8.61.